The summed E-state index contributed by atoms with van der Waals surface area (Å²) < 4.78 is 3.68. The summed E-state index contributed by atoms with van der Waals surface area (Å²) in [5.74, 6) is 0. The summed E-state index contributed by atoms with van der Waals surface area (Å²) in [7, 11) is 1.86. The smallest absolute Gasteiger partial charge is 0.200 e. The third-order valence-electron chi connectivity index (χ3n) is 2.98. The standard InChI is InChI=1S/C13H10N2O2S/c1-15-8(7-14-17)6-10(16)13-12(15)9-4-2-3-5-11(9)18-13/h2-7,17H,1H3/b14-7+. The summed E-state index contributed by atoms with van der Waals surface area (Å²) in [6.45, 7) is 0. The third kappa shape index (κ3) is 1.44. The Bertz CT molecular complexity index is 830. The van der Waals surface area contributed by atoms with Crippen molar-refractivity contribution in [2.45, 2.75) is 0 Å². The zero-order chi connectivity index (χ0) is 12.7. The van der Waals surface area contributed by atoms with E-state index in [0.29, 0.717) is 5.69 Å². The second-order valence-electron chi connectivity index (χ2n) is 4.01. The maximum Gasteiger partial charge on any atom is 0.200 e. The molecular formula is C13H10N2O2S. The Morgan fingerprint density at radius 2 is 2.17 bits per heavy atom. The highest BCUT2D eigenvalue weighted by atomic mass is 32.1. The van der Waals surface area contributed by atoms with E-state index in [-0.39, 0.29) is 5.43 Å². The lowest BCUT2D eigenvalue weighted by atomic mass is 10.2. The monoisotopic (exact) mass is 258 g/mol. The van der Waals surface area contributed by atoms with Crippen molar-refractivity contribution in [3.63, 3.8) is 0 Å². The zero-order valence-corrected chi connectivity index (χ0v) is 10.4. The highest BCUT2D eigenvalue weighted by Crippen LogP contribution is 2.31. The van der Waals surface area contributed by atoms with Gasteiger partial charge in [0.05, 0.1) is 22.1 Å². The van der Waals surface area contributed by atoms with Gasteiger partial charge in [0.25, 0.3) is 0 Å². The van der Waals surface area contributed by atoms with Gasteiger partial charge in [-0.1, -0.05) is 23.4 Å². The molecule has 1 N–H and O–H groups in total. The van der Waals surface area contributed by atoms with Crippen LogP contribution in [0.25, 0.3) is 20.3 Å². The predicted molar refractivity (Wildman–Crippen MR) is 74.0 cm³/mol. The van der Waals surface area contributed by atoms with E-state index in [0.717, 1.165) is 20.3 Å². The van der Waals surface area contributed by atoms with Crippen molar-refractivity contribution in [3.8, 4) is 0 Å². The van der Waals surface area contributed by atoms with Crippen LogP contribution < -0.4 is 5.43 Å². The number of rotatable bonds is 1. The number of hydrogen-bond acceptors (Lipinski definition) is 4. The van der Waals surface area contributed by atoms with Gasteiger partial charge in [-0.05, 0) is 6.07 Å². The SMILES string of the molecule is Cn1c(/C=N/O)cc(=O)c2sc3ccccc3c21. The fourth-order valence-electron chi connectivity index (χ4n) is 2.14. The van der Waals surface area contributed by atoms with Crippen LogP contribution in [0.15, 0.2) is 40.3 Å². The molecule has 0 amide bonds. The number of aromatic nitrogens is 1. The van der Waals surface area contributed by atoms with Crippen molar-refractivity contribution in [1.82, 2.24) is 4.57 Å². The second-order valence-corrected chi connectivity index (χ2v) is 5.07. The number of oxime groups is 1. The number of nitrogens with zero attached hydrogens (tertiary/aromatic N) is 2. The van der Waals surface area contributed by atoms with E-state index < -0.39 is 0 Å². The molecule has 0 atom stereocenters. The molecule has 90 valence electrons. The lowest BCUT2D eigenvalue weighted by molar-refractivity contribution is 0.321. The summed E-state index contributed by atoms with van der Waals surface area (Å²) in [6.07, 6.45) is 1.27. The van der Waals surface area contributed by atoms with Crippen LogP contribution in [-0.2, 0) is 7.05 Å². The predicted octanol–water partition coefficient (Wildman–Crippen LogP) is 2.56. The molecule has 0 spiro atoms. The second kappa shape index (κ2) is 3.96. The topological polar surface area (TPSA) is 54.6 Å². The number of thiophene rings is 1. The van der Waals surface area contributed by atoms with Crippen LogP contribution in [0, 0.1) is 0 Å². The normalized spacial score (nSPS) is 11.8. The average Bonchev–Trinajstić information content (AvgIpc) is 2.76. The maximum atomic E-state index is 12.0. The molecule has 0 bridgehead atoms. The molecule has 4 nitrogen and oxygen atoms in total. The highest BCUT2D eigenvalue weighted by Gasteiger charge is 2.11. The van der Waals surface area contributed by atoms with Gasteiger partial charge in [0.15, 0.2) is 5.43 Å². The van der Waals surface area contributed by atoms with Gasteiger partial charge >= 0.3 is 0 Å². The molecule has 1 aromatic carbocycles. The van der Waals surface area contributed by atoms with Crippen molar-refractivity contribution in [2.24, 2.45) is 12.2 Å². The Morgan fingerprint density at radius 3 is 2.94 bits per heavy atom. The Balaban J connectivity index is 2.58. The molecule has 0 aliphatic carbocycles. The van der Waals surface area contributed by atoms with Crippen molar-refractivity contribution in [3.05, 3.63) is 46.2 Å². The fourth-order valence-corrected chi connectivity index (χ4v) is 3.28. The zero-order valence-electron chi connectivity index (χ0n) is 9.62. The van der Waals surface area contributed by atoms with E-state index in [9.17, 15) is 4.79 Å². The molecular weight excluding hydrogens is 248 g/mol. The van der Waals surface area contributed by atoms with Gasteiger partial charge < -0.3 is 9.77 Å². The first-order valence-corrected chi connectivity index (χ1v) is 6.22. The van der Waals surface area contributed by atoms with E-state index in [1.54, 1.807) is 0 Å². The summed E-state index contributed by atoms with van der Waals surface area (Å²) in [4.78, 5) is 12.0. The summed E-state index contributed by atoms with van der Waals surface area (Å²) in [5, 5.41) is 12.7. The number of benzene rings is 1. The number of pyridine rings is 1. The van der Waals surface area contributed by atoms with Crippen LogP contribution >= 0.6 is 11.3 Å². The molecule has 18 heavy (non-hydrogen) atoms. The maximum absolute atomic E-state index is 12.0. The molecule has 0 radical (unpaired) electrons. The molecule has 2 aromatic heterocycles. The van der Waals surface area contributed by atoms with Crippen LogP contribution in [0.1, 0.15) is 5.69 Å². The fraction of sp³-hybridized carbons (Fsp3) is 0.0769. The van der Waals surface area contributed by atoms with Gasteiger partial charge in [-0.15, -0.1) is 11.3 Å². The van der Waals surface area contributed by atoms with Crippen LogP contribution in [0.2, 0.25) is 0 Å². The molecule has 3 rings (SSSR count). The van der Waals surface area contributed by atoms with Crippen molar-refractivity contribution >= 4 is 37.9 Å². The van der Waals surface area contributed by atoms with E-state index in [4.69, 9.17) is 5.21 Å². The van der Waals surface area contributed by atoms with E-state index in [2.05, 4.69) is 5.16 Å². The van der Waals surface area contributed by atoms with E-state index in [1.165, 1.54) is 23.6 Å². The highest BCUT2D eigenvalue weighted by molar-refractivity contribution is 7.25. The first kappa shape index (κ1) is 11.0. The largest absolute Gasteiger partial charge is 0.411 e. The van der Waals surface area contributed by atoms with E-state index >= 15 is 0 Å². The first-order valence-electron chi connectivity index (χ1n) is 5.41. The molecule has 0 aliphatic rings. The van der Waals surface area contributed by atoms with Gasteiger partial charge in [-0.2, -0.15) is 0 Å². The molecule has 0 aliphatic heterocycles. The van der Waals surface area contributed by atoms with Crippen molar-refractivity contribution in [2.75, 3.05) is 0 Å². The first-order chi connectivity index (χ1) is 8.72. The van der Waals surface area contributed by atoms with E-state index in [1.807, 2.05) is 35.9 Å². The molecule has 0 saturated heterocycles. The average molecular weight is 258 g/mol. The van der Waals surface area contributed by atoms with Gasteiger partial charge in [-0.25, -0.2) is 0 Å². The molecule has 5 heteroatoms. The van der Waals surface area contributed by atoms with Crippen molar-refractivity contribution in [1.29, 1.82) is 0 Å². The minimum absolute atomic E-state index is 0.0424. The molecule has 0 fully saturated rings. The third-order valence-corrected chi connectivity index (χ3v) is 4.16. The Hall–Kier alpha value is -2.14. The van der Waals surface area contributed by atoms with Crippen LogP contribution in [0.3, 0.4) is 0 Å². The quantitative estimate of drug-likeness (QED) is 0.414. The van der Waals surface area contributed by atoms with Crippen molar-refractivity contribution < 1.29 is 5.21 Å². The summed E-state index contributed by atoms with van der Waals surface area (Å²) in [5.41, 5.74) is 1.43. The summed E-state index contributed by atoms with van der Waals surface area (Å²) in [6, 6.07) is 9.38. The Kier molecular flexibility index (Phi) is 2.41. The van der Waals surface area contributed by atoms with Gasteiger partial charge in [0.1, 0.15) is 0 Å². The summed E-state index contributed by atoms with van der Waals surface area (Å²) >= 11 is 1.49. The number of fused-ring (bicyclic) bond motifs is 3. The minimum Gasteiger partial charge on any atom is -0.411 e. The lowest BCUT2D eigenvalue weighted by Gasteiger charge is -2.05. The van der Waals surface area contributed by atoms with Gasteiger partial charge in [0, 0.05) is 23.2 Å². The minimum atomic E-state index is -0.0424. The lowest BCUT2D eigenvalue weighted by Crippen LogP contribution is -2.09. The number of aryl methyl sites for hydroxylation is 1. The van der Waals surface area contributed by atoms with Gasteiger partial charge in [-0.3, -0.25) is 4.79 Å². The number of hydrogen-bond donors (Lipinski definition) is 1. The van der Waals surface area contributed by atoms with Crippen LogP contribution in [0.4, 0.5) is 0 Å². The Labute approximate surface area is 106 Å². The van der Waals surface area contributed by atoms with Gasteiger partial charge in [0.2, 0.25) is 0 Å². The molecule has 0 saturated carbocycles. The molecule has 2 heterocycles. The molecule has 0 unspecified atom stereocenters. The molecule has 3 aromatic rings. The Morgan fingerprint density at radius 1 is 1.39 bits per heavy atom. The van der Waals surface area contributed by atoms with Crippen LogP contribution in [-0.4, -0.2) is 16.0 Å². The van der Waals surface area contributed by atoms with Crippen LogP contribution in [0.5, 0.6) is 0 Å².